The van der Waals surface area contributed by atoms with E-state index in [-0.39, 0.29) is 5.75 Å². The number of aromatic hydroxyl groups is 1. The Bertz CT molecular complexity index is 414. The lowest BCUT2D eigenvalue weighted by atomic mass is 9.69. The second-order valence-corrected chi connectivity index (χ2v) is 4.83. The van der Waals surface area contributed by atoms with Crippen molar-refractivity contribution in [3.8, 4) is 5.75 Å². The molecule has 94 valence electrons. The normalized spacial score (nSPS) is 19.2. The van der Waals surface area contributed by atoms with Crippen molar-refractivity contribution in [2.45, 2.75) is 37.5 Å². The molecular formula is C13H17F2NO. The summed E-state index contributed by atoms with van der Waals surface area (Å²) in [4.78, 5) is 0. The van der Waals surface area contributed by atoms with Gasteiger partial charge in [-0.2, -0.15) is 0 Å². The Labute approximate surface area is 99.4 Å². The van der Waals surface area contributed by atoms with E-state index in [0.717, 1.165) is 44.2 Å². The van der Waals surface area contributed by atoms with Crippen LogP contribution in [0.1, 0.15) is 37.7 Å². The number of phenols is 1. The molecular weight excluding hydrogens is 224 g/mol. The van der Waals surface area contributed by atoms with Crippen LogP contribution in [0.15, 0.2) is 12.1 Å². The maximum absolute atomic E-state index is 13.3. The lowest BCUT2D eigenvalue weighted by Crippen LogP contribution is -2.37. The highest BCUT2D eigenvalue weighted by atomic mass is 19.2. The topological polar surface area (TPSA) is 46.2 Å². The molecule has 2 rings (SSSR count). The first-order valence-corrected chi connectivity index (χ1v) is 5.98. The number of hydrogen-bond acceptors (Lipinski definition) is 2. The predicted molar refractivity (Wildman–Crippen MR) is 61.8 cm³/mol. The molecule has 1 saturated carbocycles. The Balaban J connectivity index is 2.46. The van der Waals surface area contributed by atoms with E-state index in [4.69, 9.17) is 5.73 Å². The Morgan fingerprint density at radius 2 is 1.71 bits per heavy atom. The minimum atomic E-state index is -1.02. The molecule has 2 nitrogen and oxygen atoms in total. The van der Waals surface area contributed by atoms with Crippen LogP contribution in [0.5, 0.6) is 5.75 Å². The summed E-state index contributed by atoms with van der Waals surface area (Å²) in [5, 5.41) is 9.80. The summed E-state index contributed by atoms with van der Waals surface area (Å²) in [7, 11) is 0. The van der Waals surface area contributed by atoms with Gasteiger partial charge in [-0.3, -0.25) is 0 Å². The number of rotatable bonds is 2. The quantitative estimate of drug-likeness (QED) is 0.836. The Kier molecular flexibility index (Phi) is 3.33. The monoisotopic (exact) mass is 241 g/mol. The minimum Gasteiger partial charge on any atom is -0.508 e. The SMILES string of the molecule is NCC1(c2cc(F)c(F)cc2O)CCCCC1. The summed E-state index contributed by atoms with van der Waals surface area (Å²) in [6.07, 6.45) is 4.79. The standard InChI is InChI=1S/C13H17F2NO/c14-10-6-9(12(17)7-11(10)15)13(8-16)4-2-1-3-5-13/h6-7,17H,1-5,8,16H2. The van der Waals surface area contributed by atoms with Crippen molar-refractivity contribution in [1.82, 2.24) is 0 Å². The van der Waals surface area contributed by atoms with Crippen LogP contribution in [0.4, 0.5) is 8.78 Å². The molecule has 1 aromatic carbocycles. The van der Waals surface area contributed by atoms with Gasteiger partial charge in [-0.15, -0.1) is 0 Å². The summed E-state index contributed by atoms with van der Waals surface area (Å²) in [6, 6.07) is 1.94. The largest absolute Gasteiger partial charge is 0.508 e. The molecule has 1 fully saturated rings. The van der Waals surface area contributed by atoms with Gasteiger partial charge in [-0.25, -0.2) is 8.78 Å². The molecule has 0 saturated heterocycles. The fourth-order valence-electron chi connectivity index (χ4n) is 2.77. The van der Waals surface area contributed by atoms with Gasteiger partial charge >= 0.3 is 0 Å². The van der Waals surface area contributed by atoms with E-state index in [2.05, 4.69) is 0 Å². The second-order valence-electron chi connectivity index (χ2n) is 4.83. The highest BCUT2D eigenvalue weighted by molar-refractivity contribution is 5.40. The lowest BCUT2D eigenvalue weighted by Gasteiger charge is -2.37. The smallest absolute Gasteiger partial charge is 0.162 e. The van der Waals surface area contributed by atoms with Gasteiger partial charge in [0, 0.05) is 23.6 Å². The second kappa shape index (κ2) is 4.61. The maximum Gasteiger partial charge on any atom is 0.162 e. The van der Waals surface area contributed by atoms with Crippen molar-refractivity contribution in [1.29, 1.82) is 0 Å². The van der Waals surface area contributed by atoms with Crippen molar-refractivity contribution in [2.24, 2.45) is 5.73 Å². The number of hydrogen-bond donors (Lipinski definition) is 2. The molecule has 3 N–H and O–H groups in total. The summed E-state index contributed by atoms with van der Waals surface area (Å²) in [5.74, 6) is -2.12. The zero-order chi connectivity index (χ0) is 12.5. The molecule has 0 amide bonds. The number of nitrogens with two attached hydrogens (primary N) is 1. The third-order valence-corrected chi connectivity index (χ3v) is 3.81. The third-order valence-electron chi connectivity index (χ3n) is 3.81. The number of phenolic OH excluding ortho intramolecular Hbond substituents is 1. The van der Waals surface area contributed by atoms with Crippen LogP contribution < -0.4 is 5.73 Å². The molecule has 0 radical (unpaired) electrons. The van der Waals surface area contributed by atoms with Crippen molar-refractivity contribution in [2.75, 3.05) is 6.54 Å². The molecule has 0 spiro atoms. The van der Waals surface area contributed by atoms with Gasteiger partial charge in [-0.05, 0) is 18.9 Å². The van der Waals surface area contributed by atoms with Gasteiger partial charge in [0.1, 0.15) is 5.75 Å². The van der Waals surface area contributed by atoms with E-state index in [1.165, 1.54) is 0 Å². The number of benzene rings is 1. The first kappa shape index (κ1) is 12.3. The van der Waals surface area contributed by atoms with Gasteiger partial charge in [0.25, 0.3) is 0 Å². The fraction of sp³-hybridized carbons (Fsp3) is 0.538. The summed E-state index contributed by atoms with van der Waals surface area (Å²) in [6.45, 7) is 0.353. The lowest BCUT2D eigenvalue weighted by molar-refractivity contribution is 0.288. The van der Waals surface area contributed by atoms with Crippen molar-refractivity contribution in [3.63, 3.8) is 0 Å². The first-order valence-electron chi connectivity index (χ1n) is 5.98. The molecule has 1 aliphatic carbocycles. The molecule has 0 aromatic heterocycles. The molecule has 17 heavy (non-hydrogen) atoms. The van der Waals surface area contributed by atoms with Crippen molar-refractivity contribution in [3.05, 3.63) is 29.3 Å². The first-order chi connectivity index (χ1) is 8.09. The van der Waals surface area contributed by atoms with Crippen LogP contribution in [0.2, 0.25) is 0 Å². The zero-order valence-electron chi connectivity index (χ0n) is 9.68. The molecule has 0 heterocycles. The minimum absolute atomic E-state index is 0.184. The maximum atomic E-state index is 13.3. The van der Waals surface area contributed by atoms with Crippen LogP contribution in [0.25, 0.3) is 0 Å². The average molecular weight is 241 g/mol. The van der Waals surface area contributed by atoms with Crippen LogP contribution >= 0.6 is 0 Å². The predicted octanol–water partition coefficient (Wildman–Crippen LogP) is 2.83. The molecule has 0 unspecified atom stereocenters. The average Bonchev–Trinajstić information content (AvgIpc) is 2.34. The van der Waals surface area contributed by atoms with Crippen LogP contribution in [0, 0.1) is 11.6 Å². The van der Waals surface area contributed by atoms with Crippen molar-refractivity contribution < 1.29 is 13.9 Å². The number of halogens is 2. The van der Waals surface area contributed by atoms with Gasteiger partial charge in [-0.1, -0.05) is 19.3 Å². The Morgan fingerprint density at radius 3 is 2.29 bits per heavy atom. The third kappa shape index (κ3) is 2.14. The molecule has 1 aliphatic rings. The van der Waals surface area contributed by atoms with Crippen LogP contribution in [-0.2, 0) is 5.41 Å². The Hall–Kier alpha value is -1.16. The summed E-state index contributed by atoms with van der Waals surface area (Å²) >= 11 is 0. The van der Waals surface area contributed by atoms with Gasteiger partial charge in [0.15, 0.2) is 11.6 Å². The Morgan fingerprint density at radius 1 is 1.12 bits per heavy atom. The van der Waals surface area contributed by atoms with E-state index in [9.17, 15) is 13.9 Å². The van der Waals surface area contributed by atoms with Crippen molar-refractivity contribution >= 4 is 0 Å². The summed E-state index contributed by atoms with van der Waals surface area (Å²) < 4.78 is 26.3. The van der Waals surface area contributed by atoms with E-state index in [1.807, 2.05) is 0 Å². The molecule has 4 heteroatoms. The molecule has 0 aliphatic heterocycles. The van der Waals surface area contributed by atoms with Crippen LogP contribution in [-0.4, -0.2) is 11.7 Å². The molecule has 0 bridgehead atoms. The van der Waals surface area contributed by atoms with Gasteiger partial charge in [0.05, 0.1) is 0 Å². The highest BCUT2D eigenvalue weighted by Crippen LogP contribution is 2.42. The summed E-state index contributed by atoms with van der Waals surface area (Å²) in [5.41, 5.74) is 5.87. The fourth-order valence-corrected chi connectivity index (χ4v) is 2.77. The van der Waals surface area contributed by atoms with E-state index >= 15 is 0 Å². The van der Waals surface area contributed by atoms with Gasteiger partial charge in [0.2, 0.25) is 0 Å². The highest BCUT2D eigenvalue weighted by Gasteiger charge is 2.35. The van der Waals surface area contributed by atoms with E-state index in [0.29, 0.717) is 12.1 Å². The molecule has 1 aromatic rings. The van der Waals surface area contributed by atoms with Gasteiger partial charge < -0.3 is 10.8 Å². The molecule has 0 atom stereocenters. The zero-order valence-corrected chi connectivity index (χ0v) is 9.68. The van der Waals surface area contributed by atoms with Crippen LogP contribution in [0.3, 0.4) is 0 Å². The van der Waals surface area contributed by atoms with E-state index < -0.39 is 17.0 Å². The van der Waals surface area contributed by atoms with E-state index in [1.54, 1.807) is 0 Å².